The Morgan fingerprint density at radius 1 is 0.903 bits per heavy atom. The highest BCUT2D eigenvalue weighted by Crippen LogP contribution is 2.55. The maximum absolute atomic E-state index is 14.1. The molecule has 2 rings (SSSR count). The summed E-state index contributed by atoms with van der Waals surface area (Å²) >= 11 is 0. The van der Waals surface area contributed by atoms with Crippen molar-refractivity contribution in [2.24, 2.45) is 10.3 Å². The van der Waals surface area contributed by atoms with E-state index in [4.69, 9.17) is 0 Å². The molecule has 1 aromatic rings. The lowest BCUT2D eigenvalue weighted by atomic mass is 10.1. The minimum Gasteiger partial charge on any atom is -0.332 e. The van der Waals surface area contributed by atoms with Gasteiger partial charge in [0.15, 0.2) is 0 Å². The first-order chi connectivity index (χ1) is 14.0. The van der Waals surface area contributed by atoms with Gasteiger partial charge in [-0.25, -0.2) is 0 Å². The van der Waals surface area contributed by atoms with Crippen molar-refractivity contribution in [2.75, 3.05) is 11.9 Å². The summed E-state index contributed by atoms with van der Waals surface area (Å²) in [6, 6.07) is 7.34. The highest BCUT2D eigenvalue weighted by Gasteiger charge is 2.85. The molecule has 0 saturated heterocycles. The fourth-order valence-electron chi connectivity index (χ4n) is 3.08. The average Bonchev–Trinajstić information content (AvgIpc) is 3.19. The molecule has 0 amide bonds. The lowest BCUT2D eigenvalue weighted by Gasteiger charge is -2.32. The van der Waals surface area contributed by atoms with E-state index in [9.17, 15) is 47.9 Å². The number of hydrogen-bond acceptors (Lipinski definition) is 2. The number of rotatable bonds is 6. The average molecular weight is 484 g/mol. The molecular formula is C17H17F9N2O2S. The zero-order chi connectivity index (χ0) is 23.9. The van der Waals surface area contributed by atoms with Crippen LogP contribution in [0.2, 0.25) is 0 Å². The molecule has 14 heteroatoms. The summed E-state index contributed by atoms with van der Waals surface area (Å²) in [5.41, 5.74) is 0.207. The first kappa shape index (κ1) is 25.3. The number of amidine groups is 1. The van der Waals surface area contributed by atoms with Gasteiger partial charge in [-0.15, -0.1) is 4.40 Å². The summed E-state index contributed by atoms with van der Waals surface area (Å²) in [5.74, 6) is -16.1. The molecule has 0 unspecified atom stereocenters. The molecule has 1 fully saturated rings. The fraction of sp³-hybridized carbons (Fsp3) is 0.588. The Morgan fingerprint density at radius 3 is 1.84 bits per heavy atom. The molecule has 1 aliphatic rings. The standard InChI is InChI=1S/C17H17F9N2O2S/c1-28(12-9-3-2-4-10-12)13(11-7-5-6-8-11)27-31(29,30)17(25,26)15(20,21)14(18,19)16(22,23)24/h2-4,9-11H,5-8H2,1H3/b27-13+. The highest BCUT2D eigenvalue weighted by atomic mass is 32.2. The molecule has 0 heterocycles. The summed E-state index contributed by atoms with van der Waals surface area (Å²) in [4.78, 5) is 0.990. The Bertz CT molecular complexity index is 909. The van der Waals surface area contributed by atoms with Crippen LogP contribution in [-0.4, -0.2) is 44.6 Å². The summed E-state index contributed by atoms with van der Waals surface area (Å²) < 4.78 is 145. The van der Waals surface area contributed by atoms with E-state index >= 15 is 0 Å². The second-order valence-electron chi connectivity index (χ2n) is 6.96. The molecule has 0 spiro atoms. The first-order valence-corrected chi connectivity index (χ1v) is 10.2. The molecule has 31 heavy (non-hydrogen) atoms. The van der Waals surface area contributed by atoms with Crippen molar-refractivity contribution in [3.8, 4) is 0 Å². The van der Waals surface area contributed by atoms with Crippen molar-refractivity contribution < 1.29 is 47.9 Å². The zero-order valence-corrected chi connectivity index (χ0v) is 16.6. The lowest BCUT2D eigenvalue weighted by molar-refractivity contribution is -0.382. The molecule has 1 aromatic carbocycles. The molecule has 0 aromatic heterocycles. The largest absolute Gasteiger partial charge is 0.460 e. The van der Waals surface area contributed by atoms with Crippen LogP contribution >= 0.6 is 0 Å². The number of sulfonamides is 1. The second-order valence-corrected chi connectivity index (χ2v) is 8.61. The summed E-state index contributed by atoms with van der Waals surface area (Å²) in [6.45, 7) is 0. The topological polar surface area (TPSA) is 49.7 Å². The van der Waals surface area contributed by atoms with Gasteiger partial charge in [-0.05, 0) is 25.0 Å². The molecule has 0 N–H and O–H groups in total. The monoisotopic (exact) mass is 484 g/mol. The van der Waals surface area contributed by atoms with Crippen LogP contribution in [0.25, 0.3) is 0 Å². The zero-order valence-electron chi connectivity index (χ0n) is 15.8. The van der Waals surface area contributed by atoms with Crippen molar-refractivity contribution in [1.29, 1.82) is 0 Å². The van der Waals surface area contributed by atoms with Crippen LogP contribution < -0.4 is 4.90 Å². The number of alkyl halides is 9. The molecule has 0 aliphatic heterocycles. The Labute approximate surface area is 171 Å². The lowest BCUT2D eigenvalue weighted by Crippen LogP contribution is -2.63. The van der Waals surface area contributed by atoms with E-state index in [1.165, 1.54) is 31.3 Å². The van der Waals surface area contributed by atoms with Gasteiger partial charge < -0.3 is 4.90 Å². The predicted molar refractivity (Wildman–Crippen MR) is 94.1 cm³/mol. The number of anilines is 1. The number of halogens is 9. The van der Waals surface area contributed by atoms with Crippen LogP contribution in [0.4, 0.5) is 45.2 Å². The Morgan fingerprint density at radius 2 is 1.39 bits per heavy atom. The van der Waals surface area contributed by atoms with Gasteiger partial charge in [-0.1, -0.05) is 31.0 Å². The fourth-order valence-corrected chi connectivity index (χ4v) is 4.17. The van der Waals surface area contributed by atoms with Gasteiger partial charge in [0, 0.05) is 18.7 Å². The quantitative estimate of drug-likeness (QED) is 0.306. The normalized spacial score (nSPS) is 17.8. The molecular weight excluding hydrogens is 467 g/mol. The van der Waals surface area contributed by atoms with Crippen LogP contribution in [0.15, 0.2) is 34.7 Å². The van der Waals surface area contributed by atoms with Crippen LogP contribution in [0.1, 0.15) is 25.7 Å². The third-order valence-corrected chi connectivity index (χ3v) is 6.19. The van der Waals surface area contributed by atoms with E-state index in [2.05, 4.69) is 4.40 Å². The van der Waals surface area contributed by atoms with Crippen LogP contribution in [0.5, 0.6) is 0 Å². The smallest absolute Gasteiger partial charge is 0.332 e. The van der Waals surface area contributed by atoms with Crippen molar-refractivity contribution in [1.82, 2.24) is 0 Å². The molecule has 4 nitrogen and oxygen atoms in total. The number of nitrogens with zero attached hydrogens (tertiary/aromatic N) is 2. The van der Waals surface area contributed by atoms with E-state index in [0.717, 1.165) is 4.90 Å². The minimum atomic E-state index is -7.33. The van der Waals surface area contributed by atoms with Gasteiger partial charge in [0.05, 0.1) is 0 Å². The molecule has 0 bridgehead atoms. The van der Waals surface area contributed by atoms with Gasteiger partial charge >= 0.3 is 33.3 Å². The third kappa shape index (κ3) is 4.35. The highest BCUT2D eigenvalue weighted by molar-refractivity contribution is 7.91. The van der Waals surface area contributed by atoms with Gasteiger partial charge in [0.1, 0.15) is 5.84 Å². The number of hydrogen-bond donors (Lipinski definition) is 0. The predicted octanol–water partition coefficient (Wildman–Crippen LogP) is 5.47. The van der Waals surface area contributed by atoms with Crippen molar-refractivity contribution in [3.05, 3.63) is 30.3 Å². The van der Waals surface area contributed by atoms with Crippen LogP contribution in [-0.2, 0) is 10.0 Å². The minimum absolute atomic E-state index is 0.207. The maximum Gasteiger partial charge on any atom is 0.460 e. The van der Waals surface area contributed by atoms with Crippen LogP contribution in [0, 0.1) is 5.92 Å². The first-order valence-electron chi connectivity index (χ1n) is 8.80. The Kier molecular flexibility index (Phi) is 6.66. The third-order valence-electron chi connectivity index (χ3n) is 4.86. The van der Waals surface area contributed by atoms with E-state index in [1.807, 2.05) is 0 Å². The second kappa shape index (κ2) is 8.17. The summed E-state index contributed by atoms with van der Waals surface area (Å²) in [6.07, 6.45) is -5.64. The summed E-state index contributed by atoms with van der Waals surface area (Å²) in [7, 11) is -5.68. The van der Waals surface area contributed by atoms with E-state index < -0.39 is 45.1 Å². The van der Waals surface area contributed by atoms with Gasteiger partial charge in [-0.3, -0.25) is 0 Å². The van der Waals surface area contributed by atoms with Gasteiger partial charge in [-0.2, -0.15) is 47.9 Å². The maximum atomic E-state index is 14.1. The van der Waals surface area contributed by atoms with Gasteiger partial charge in [0.2, 0.25) is 0 Å². The van der Waals surface area contributed by atoms with E-state index in [-0.39, 0.29) is 18.5 Å². The van der Waals surface area contributed by atoms with E-state index in [1.54, 1.807) is 6.07 Å². The Balaban J connectivity index is 2.60. The van der Waals surface area contributed by atoms with Crippen LogP contribution in [0.3, 0.4) is 0 Å². The number of para-hydroxylation sites is 1. The number of benzene rings is 1. The molecule has 0 atom stereocenters. The molecule has 0 radical (unpaired) electrons. The molecule has 1 aliphatic carbocycles. The van der Waals surface area contributed by atoms with Crippen molar-refractivity contribution >= 4 is 21.5 Å². The van der Waals surface area contributed by atoms with Crippen molar-refractivity contribution in [2.45, 2.75) is 49.0 Å². The SMILES string of the molecule is CN(/C(=N/S(=O)(=O)C(F)(F)C(F)(F)C(F)(F)C(F)(F)F)C1CCCC1)c1ccccc1. The van der Waals surface area contributed by atoms with Crippen molar-refractivity contribution in [3.63, 3.8) is 0 Å². The molecule has 176 valence electrons. The molecule has 1 saturated carbocycles. The van der Waals surface area contributed by atoms with Gasteiger partial charge in [0.25, 0.3) is 0 Å². The van der Waals surface area contributed by atoms with E-state index in [0.29, 0.717) is 12.8 Å². The Hall–Kier alpha value is -1.99. The summed E-state index contributed by atoms with van der Waals surface area (Å²) in [5, 5.41) is -6.85.